The maximum atomic E-state index is 11.5. The van der Waals surface area contributed by atoms with Crippen molar-refractivity contribution in [2.24, 2.45) is 23.2 Å². The summed E-state index contributed by atoms with van der Waals surface area (Å²) in [6, 6.07) is 0. The van der Waals surface area contributed by atoms with Gasteiger partial charge in [-0.1, -0.05) is 26.7 Å². The van der Waals surface area contributed by atoms with E-state index >= 15 is 0 Å². The van der Waals surface area contributed by atoms with E-state index in [1.807, 2.05) is 0 Å². The van der Waals surface area contributed by atoms with E-state index in [4.69, 9.17) is 0 Å². The lowest BCUT2D eigenvalue weighted by Crippen LogP contribution is -2.42. The highest BCUT2D eigenvalue weighted by Gasteiger charge is 2.44. The number of carbonyl (C=O) groups is 1. The van der Waals surface area contributed by atoms with E-state index in [0.717, 1.165) is 18.3 Å². The van der Waals surface area contributed by atoms with Crippen molar-refractivity contribution >= 4 is 5.78 Å². The zero-order chi connectivity index (χ0) is 11.1. The zero-order valence-corrected chi connectivity index (χ0v) is 10.4. The Kier molecular flexibility index (Phi) is 2.92. The van der Waals surface area contributed by atoms with Crippen molar-refractivity contribution in [3.05, 3.63) is 0 Å². The minimum atomic E-state index is 0.378. The van der Waals surface area contributed by atoms with Crippen LogP contribution in [0.4, 0.5) is 0 Å². The van der Waals surface area contributed by atoms with Crippen LogP contribution in [0, 0.1) is 23.2 Å². The summed E-state index contributed by atoms with van der Waals surface area (Å²) in [5, 5.41) is 0. The van der Waals surface area contributed by atoms with Crippen LogP contribution in [0.15, 0.2) is 0 Å². The molecule has 0 bridgehead atoms. The summed E-state index contributed by atoms with van der Waals surface area (Å²) in [5.74, 6) is 2.46. The summed E-state index contributed by atoms with van der Waals surface area (Å²) in [6.07, 6.45) is 7.78. The SMILES string of the molecule is CC(=O)[C@@H]1CC[C@@]2(C)CCC[C@@H](C)[C@H]2C1. The van der Waals surface area contributed by atoms with Gasteiger partial charge in [-0.3, -0.25) is 4.79 Å². The molecule has 0 amide bonds. The van der Waals surface area contributed by atoms with Crippen LogP contribution < -0.4 is 0 Å². The molecule has 0 aliphatic heterocycles. The zero-order valence-electron chi connectivity index (χ0n) is 10.4. The van der Waals surface area contributed by atoms with Crippen molar-refractivity contribution < 1.29 is 4.79 Å². The van der Waals surface area contributed by atoms with Gasteiger partial charge in [0.15, 0.2) is 0 Å². The van der Waals surface area contributed by atoms with Gasteiger partial charge < -0.3 is 0 Å². The van der Waals surface area contributed by atoms with Crippen molar-refractivity contribution in [1.82, 2.24) is 0 Å². The van der Waals surface area contributed by atoms with Gasteiger partial charge in [0.25, 0.3) is 0 Å². The van der Waals surface area contributed by atoms with Gasteiger partial charge in [-0.15, -0.1) is 0 Å². The molecule has 0 aromatic heterocycles. The molecule has 0 aromatic rings. The number of Topliss-reactive ketones (excluding diaryl/α,β-unsaturated/α-hetero) is 1. The number of fused-ring (bicyclic) bond motifs is 1. The maximum Gasteiger partial charge on any atom is 0.132 e. The minimum Gasteiger partial charge on any atom is -0.300 e. The standard InChI is InChI=1S/C14H24O/c1-10-5-4-7-14(3)8-6-12(11(2)15)9-13(10)14/h10,12-13H,4-9H2,1-3H3/t10-,12-,13-,14-/m1/s1. The van der Waals surface area contributed by atoms with Gasteiger partial charge in [0.2, 0.25) is 0 Å². The Morgan fingerprint density at radius 3 is 2.67 bits per heavy atom. The lowest BCUT2D eigenvalue weighted by molar-refractivity contribution is -0.124. The molecule has 2 fully saturated rings. The Morgan fingerprint density at radius 1 is 1.27 bits per heavy atom. The average Bonchev–Trinajstić information content (AvgIpc) is 2.17. The lowest BCUT2D eigenvalue weighted by atomic mass is 9.55. The van der Waals surface area contributed by atoms with E-state index in [0.29, 0.717) is 17.1 Å². The Labute approximate surface area is 93.6 Å². The largest absolute Gasteiger partial charge is 0.300 e. The predicted molar refractivity (Wildman–Crippen MR) is 62.6 cm³/mol. The first-order chi connectivity index (χ1) is 7.03. The molecule has 0 heterocycles. The second kappa shape index (κ2) is 3.92. The molecule has 4 atom stereocenters. The second-order valence-corrected chi connectivity index (χ2v) is 6.21. The fourth-order valence-electron chi connectivity index (χ4n) is 4.03. The van der Waals surface area contributed by atoms with Crippen LogP contribution in [0.2, 0.25) is 0 Å². The maximum absolute atomic E-state index is 11.5. The van der Waals surface area contributed by atoms with Gasteiger partial charge in [0, 0.05) is 5.92 Å². The van der Waals surface area contributed by atoms with E-state index in [2.05, 4.69) is 13.8 Å². The summed E-state index contributed by atoms with van der Waals surface area (Å²) in [5.41, 5.74) is 0.559. The monoisotopic (exact) mass is 208 g/mol. The second-order valence-electron chi connectivity index (χ2n) is 6.21. The molecule has 0 radical (unpaired) electrons. The third-order valence-electron chi connectivity index (χ3n) is 5.17. The summed E-state index contributed by atoms with van der Waals surface area (Å²) < 4.78 is 0. The molecule has 0 saturated heterocycles. The van der Waals surface area contributed by atoms with Crippen LogP contribution in [0.5, 0.6) is 0 Å². The highest BCUT2D eigenvalue weighted by molar-refractivity contribution is 5.78. The van der Waals surface area contributed by atoms with E-state index in [1.165, 1.54) is 32.1 Å². The molecule has 2 aliphatic rings. The van der Waals surface area contributed by atoms with Crippen molar-refractivity contribution in [3.63, 3.8) is 0 Å². The molecule has 2 rings (SSSR count). The predicted octanol–water partition coefficient (Wildman–Crippen LogP) is 3.82. The fraction of sp³-hybridized carbons (Fsp3) is 0.929. The van der Waals surface area contributed by atoms with Crippen molar-refractivity contribution in [3.8, 4) is 0 Å². The smallest absolute Gasteiger partial charge is 0.132 e. The van der Waals surface area contributed by atoms with Crippen molar-refractivity contribution in [1.29, 1.82) is 0 Å². The first-order valence-corrected chi connectivity index (χ1v) is 6.53. The summed E-state index contributed by atoms with van der Waals surface area (Å²) >= 11 is 0. The number of hydrogen-bond donors (Lipinski definition) is 0. The Balaban J connectivity index is 2.12. The summed E-state index contributed by atoms with van der Waals surface area (Å²) in [4.78, 5) is 11.5. The molecule has 15 heavy (non-hydrogen) atoms. The van der Waals surface area contributed by atoms with Crippen molar-refractivity contribution in [2.75, 3.05) is 0 Å². The molecule has 1 heteroatoms. The van der Waals surface area contributed by atoms with E-state index in [-0.39, 0.29) is 0 Å². The van der Waals surface area contributed by atoms with E-state index in [9.17, 15) is 4.79 Å². The minimum absolute atomic E-state index is 0.378. The molecule has 2 aliphatic carbocycles. The molecule has 0 aromatic carbocycles. The highest BCUT2D eigenvalue weighted by Crippen LogP contribution is 2.53. The van der Waals surface area contributed by atoms with Crippen LogP contribution >= 0.6 is 0 Å². The first-order valence-electron chi connectivity index (χ1n) is 6.53. The van der Waals surface area contributed by atoms with Crippen LogP contribution in [0.25, 0.3) is 0 Å². The Hall–Kier alpha value is -0.330. The number of ketones is 1. The molecule has 2 saturated carbocycles. The third-order valence-corrected chi connectivity index (χ3v) is 5.17. The van der Waals surface area contributed by atoms with Crippen LogP contribution in [-0.4, -0.2) is 5.78 Å². The lowest BCUT2D eigenvalue weighted by Gasteiger charge is -2.50. The van der Waals surface area contributed by atoms with Gasteiger partial charge in [-0.2, -0.15) is 0 Å². The molecule has 0 unspecified atom stereocenters. The van der Waals surface area contributed by atoms with Gasteiger partial charge in [0.05, 0.1) is 0 Å². The Morgan fingerprint density at radius 2 is 2.00 bits per heavy atom. The van der Waals surface area contributed by atoms with Gasteiger partial charge >= 0.3 is 0 Å². The van der Waals surface area contributed by atoms with Gasteiger partial charge in [0.1, 0.15) is 5.78 Å². The normalized spacial score (nSPS) is 45.9. The molecule has 86 valence electrons. The van der Waals surface area contributed by atoms with Gasteiger partial charge in [-0.25, -0.2) is 0 Å². The first kappa shape index (κ1) is 11.2. The molecule has 1 nitrogen and oxygen atoms in total. The topological polar surface area (TPSA) is 17.1 Å². The van der Waals surface area contributed by atoms with Crippen LogP contribution in [0.3, 0.4) is 0 Å². The average molecular weight is 208 g/mol. The van der Waals surface area contributed by atoms with Gasteiger partial charge in [-0.05, 0) is 49.9 Å². The van der Waals surface area contributed by atoms with Crippen LogP contribution in [-0.2, 0) is 4.79 Å². The van der Waals surface area contributed by atoms with Crippen LogP contribution in [0.1, 0.15) is 59.3 Å². The third kappa shape index (κ3) is 1.98. The van der Waals surface area contributed by atoms with Crippen molar-refractivity contribution in [2.45, 2.75) is 59.3 Å². The van der Waals surface area contributed by atoms with E-state index in [1.54, 1.807) is 6.92 Å². The van der Waals surface area contributed by atoms with E-state index < -0.39 is 0 Å². The number of rotatable bonds is 1. The molecule has 0 N–H and O–H groups in total. The number of hydrogen-bond acceptors (Lipinski definition) is 1. The fourth-order valence-corrected chi connectivity index (χ4v) is 4.03. The molecular formula is C14H24O. The molecular weight excluding hydrogens is 184 g/mol. The summed E-state index contributed by atoms with van der Waals surface area (Å²) in [6.45, 7) is 6.63. The number of carbonyl (C=O) groups excluding carboxylic acids is 1. The Bertz CT molecular complexity index is 258. The molecule has 0 spiro atoms. The summed E-state index contributed by atoms with van der Waals surface area (Å²) in [7, 11) is 0. The highest BCUT2D eigenvalue weighted by atomic mass is 16.1. The quantitative estimate of drug-likeness (QED) is 0.640.